The number of amidine groups is 1. The van der Waals surface area contributed by atoms with Gasteiger partial charge >= 0.3 is 0 Å². The molecule has 1 saturated heterocycles. The number of nitrogens with zero attached hydrogens (tertiary/aromatic N) is 2. The maximum absolute atomic E-state index is 13.3. The summed E-state index contributed by atoms with van der Waals surface area (Å²) < 4.78 is 10.8. The van der Waals surface area contributed by atoms with Gasteiger partial charge in [-0.05, 0) is 72.6 Å². The van der Waals surface area contributed by atoms with E-state index in [9.17, 15) is 9.59 Å². The summed E-state index contributed by atoms with van der Waals surface area (Å²) in [4.78, 5) is 32.7. The summed E-state index contributed by atoms with van der Waals surface area (Å²) in [6.45, 7) is 3.01. The molecule has 192 valence electrons. The van der Waals surface area contributed by atoms with Crippen LogP contribution in [0.5, 0.6) is 11.5 Å². The molecule has 3 aromatic carbocycles. The Bertz CT molecular complexity index is 1250. The molecule has 0 aromatic heterocycles. The predicted octanol–water partition coefficient (Wildman–Crippen LogP) is 6.30. The number of amides is 2. The SMILES string of the molecule is CCCOc1ccc(NC(=O)C2CC(=O)N(Cc3ccc(OC)cc3)C(=Nc3ccc(Cl)cc3)S2)cc1. The monoisotopic (exact) mass is 537 g/mol. The van der Waals surface area contributed by atoms with Gasteiger partial charge in [0.25, 0.3) is 0 Å². The summed E-state index contributed by atoms with van der Waals surface area (Å²) in [5.74, 6) is 1.05. The Morgan fingerprint density at radius 2 is 1.73 bits per heavy atom. The normalized spacial score (nSPS) is 16.5. The Labute approximate surface area is 225 Å². The van der Waals surface area contributed by atoms with Gasteiger partial charge in [0.15, 0.2) is 5.17 Å². The Morgan fingerprint density at radius 1 is 1.05 bits per heavy atom. The fourth-order valence-electron chi connectivity index (χ4n) is 3.61. The molecule has 1 fully saturated rings. The van der Waals surface area contributed by atoms with Gasteiger partial charge in [0.1, 0.15) is 16.7 Å². The van der Waals surface area contributed by atoms with Gasteiger partial charge in [0.05, 0.1) is 25.9 Å². The van der Waals surface area contributed by atoms with Crippen molar-refractivity contribution in [2.24, 2.45) is 4.99 Å². The first kappa shape index (κ1) is 26.6. The molecule has 1 unspecified atom stereocenters. The van der Waals surface area contributed by atoms with E-state index in [4.69, 9.17) is 26.1 Å². The van der Waals surface area contributed by atoms with Gasteiger partial charge in [-0.2, -0.15) is 0 Å². The average Bonchev–Trinajstić information content (AvgIpc) is 2.91. The Kier molecular flexibility index (Phi) is 9.09. The Morgan fingerprint density at radius 3 is 2.38 bits per heavy atom. The summed E-state index contributed by atoms with van der Waals surface area (Å²) >= 11 is 7.30. The zero-order valence-electron chi connectivity index (χ0n) is 20.6. The molecule has 0 saturated carbocycles. The van der Waals surface area contributed by atoms with Crippen molar-refractivity contribution in [3.8, 4) is 11.5 Å². The van der Waals surface area contributed by atoms with Crippen molar-refractivity contribution in [1.29, 1.82) is 0 Å². The number of anilines is 1. The quantitative estimate of drug-likeness (QED) is 0.346. The van der Waals surface area contributed by atoms with E-state index in [0.717, 1.165) is 23.5 Å². The molecule has 1 N–H and O–H groups in total. The first-order chi connectivity index (χ1) is 17.9. The summed E-state index contributed by atoms with van der Waals surface area (Å²) in [7, 11) is 1.61. The maximum atomic E-state index is 13.3. The van der Waals surface area contributed by atoms with Crippen molar-refractivity contribution in [2.45, 2.75) is 31.6 Å². The second kappa shape index (κ2) is 12.7. The standard InChI is InChI=1S/C28H28ClN3O4S/c1-3-16-36-24-14-10-21(11-15-24)30-27(34)25-17-26(33)32(18-19-4-12-23(35-2)13-5-19)28(37-25)31-22-8-6-20(29)7-9-22/h4-15,25H,3,16-18H2,1-2H3,(H,30,34). The number of methoxy groups -OCH3 is 1. The van der Waals surface area contributed by atoms with E-state index in [1.807, 2.05) is 43.3 Å². The molecule has 1 heterocycles. The van der Waals surface area contributed by atoms with Crippen molar-refractivity contribution in [3.63, 3.8) is 0 Å². The van der Waals surface area contributed by atoms with Crippen LogP contribution in [-0.4, -0.2) is 40.8 Å². The van der Waals surface area contributed by atoms with Gasteiger partial charge in [0.2, 0.25) is 11.8 Å². The lowest BCUT2D eigenvalue weighted by molar-refractivity contribution is -0.129. The van der Waals surface area contributed by atoms with E-state index < -0.39 is 5.25 Å². The molecule has 7 nitrogen and oxygen atoms in total. The van der Waals surface area contributed by atoms with Gasteiger partial charge in [-0.1, -0.05) is 42.4 Å². The molecule has 3 aromatic rings. The minimum absolute atomic E-state index is 0.0595. The van der Waals surface area contributed by atoms with Crippen LogP contribution in [0.4, 0.5) is 11.4 Å². The highest BCUT2D eigenvalue weighted by atomic mass is 35.5. The van der Waals surface area contributed by atoms with Crippen molar-refractivity contribution in [1.82, 2.24) is 4.90 Å². The molecule has 1 atom stereocenters. The van der Waals surface area contributed by atoms with Crippen molar-refractivity contribution < 1.29 is 19.1 Å². The number of halogens is 1. The smallest absolute Gasteiger partial charge is 0.238 e. The predicted molar refractivity (Wildman–Crippen MR) is 149 cm³/mol. The molecule has 0 spiro atoms. The van der Waals surface area contributed by atoms with E-state index in [1.165, 1.54) is 11.8 Å². The van der Waals surface area contributed by atoms with Crippen LogP contribution in [0.15, 0.2) is 77.8 Å². The number of thioether (sulfide) groups is 1. The molecule has 1 aliphatic heterocycles. The fourth-order valence-corrected chi connectivity index (χ4v) is 4.84. The minimum Gasteiger partial charge on any atom is -0.497 e. The number of rotatable bonds is 9. The van der Waals surface area contributed by atoms with Crippen molar-refractivity contribution in [3.05, 3.63) is 83.4 Å². The minimum atomic E-state index is -0.623. The van der Waals surface area contributed by atoms with Crippen molar-refractivity contribution >= 4 is 51.7 Å². The molecule has 0 radical (unpaired) electrons. The van der Waals surface area contributed by atoms with Crippen LogP contribution >= 0.6 is 23.4 Å². The van der Waals surface area contributed by atoms with Crippen LogP contribution in [0.25, 0.3) is 0 Å². The van der Waals surface area contributed by atoms with E-state index in [-0.39, 0.29) is 18.2 Å². The average molecular weight is 538 g/mol. The first-order valence-corrected chi connectivity index (χ1v) is 13.2. The zero-order valence-corrected chi connectivity index (χ0v) is 22.2. The van der Waals surface area contributed by atoms with Gasteiger partial charge in [-0.3, -0.25) is 14.5 Å². The number of ether oxygens (including phenoxy) is 2. The largest absolute Gasteiger partial charge is 0.497 e. The second-order valence-electron chi connectivity index (χ2n) is 8.37. The molecule has 0 aliphatic carbocycles. The van der Waals surface area contributed by atoms with Gasteiger partial charge in [0, 0.05) is 17.1 Å². The molecule has 37 heavy (non-hydrogen) atoms. The van der Waals surface area contributed by atoms with E-state index >= 15 is 0 Å². The lowest BCUT2D eigenvalue weighted by Gasteiger charge is -2.32. The van der Waals surface area contributed by atoms with Gasteiger partial charge in [-0.15, -0.1) is 0 Å². The molecule has 4 rings (SSSR count). The summed E-state index contributed by atoms with van der Waals surface area (Å²) in [5.41, 5.74) is 2.20. The summed E-state index contributed by atoms with van der Waals surface area (Å²) in [6.07, 6.45) is 0.977. The van der Waals surface area contributed by atoms with E-state index in [0.29, 0.717) is 34.7 Å². The summed E-state index contributed by atoms with van der Waals surface area (Å²) in [6, 6.07) is 21.7. The van der Waals surface area contributed by atoms with E-state index in [2.05, 4.69) is 5.32 Å². The molecule has 9 heteroatoms. The third kappa shape index (κ3) is 7.27. The number of benzene rings is 3. The molecule has 0 bridgehead atoms. The fraction of sp³-hybridized carbons (Fsp3) is 0.250. The number of aliphatic imine (C=N–C) groups is 1. The number of hydrogen-bond acceptors (Lipinski definition) is 6. The third-order valence-electron chi connectivity index (χ3n) is 5.58. The van der Waals surface area contributed by atoms with Crippen LogP contribution in [0.3, 0.4) is 0 Å². The number of carbonyl (C=O) groups is 2. The van der Waals surface area contributed by atoms with Crippen molar-refractivity contribution in [2.75, 3.05) is 19.0 Å². The van der Waals surface area contributed by atoms with Gasteiger partial charge in [-0.25, -0.2) is 4.99 Å². The Hall–Kier alpha value is -3.49. The molecular weight excluding hydrogens is 510 g/mol. The molecular formula is C28H28ClN3O4S. The van der Waals surface area contributed by atoms with Crippen LogP contribution in [0.2, 0.25) is 5.02 Å². The van der Waals surface area contributed by atoms with Crippen LogP contribution in [0.1, 0.15) is 25.3 Å². The number of carbonyl (C=O) groups excluding carboxylic acids is 2. The second-order valence-corrected chi connectivity index (χ2v) is 9.98. The number of hydrogen-bond donors (Lipinski definition) is 1. The highest BCUT2D eigenvalue weighted by molar-refractivity contribution is 8.15. The lowest BCUT2D eigenvalue weighted by Crippen LogP contribution is -2.44. The van der Waals surface area contributed by atoms with E-state index in [1.54, 1.807) is 48.4 Å². The highest BCUT2D eigenvalue weighted by Gasteiger charge is 2.36. The molecule has 1 aliphatic rings. The van der Waals surface area contributed by atoms with Crippen LogP contribution < -0.4 is 14.8 Å². The highest BCUT2D eigenvalue weighted by Crippen LogP contribution is 2.31. The lowest BCUT2D eigenvalue weighted by atomic mass is 10.2. The topological polar surface area (TPSA) is 80.2 Å². The Balaban J connectivity index is 1.52. The zero-order chi connectivity index (χ0) is 26.2. The van der Waals surface area contributed by atoms with Gasteiger partial charge < -0.3 is 14.8 Å². The summed E-state index contributed by atoms with van der Waals surface area (Å²) in [5, 5.41) is 3.34. The molecule has 2 amide bonds. The first-order valence-electron chi connectivity index (χ1n) is 11.9. The maximum Gasteiger partial charge on any atom is 0.238 e. The third-order valence-corrected chi connectivity index (χ3v) is 7.02. The van der Waals surface area contributed by atoms with Crippen LogP contribution in [0, 0.1) is 0 Å². The van der Waals surface area contributed by atoms with Crippen LogP contribution in [-0.2, 0) is 16.1 Å². The number of nitrogens with one attached hydrogen (secondary N) is 1.